The van der Waals surface area contributed by atoms with Crippen molar-refractivity contribution in [3.05, 3.63) is 22.2 Å². The minimum atomic E-state index is 0. The molecular formula is C11H17BrClNO2. The van der Waals surface area contributed by atoms with Crippen LogP contribution in [0.2, 0.25) is 0 Å². The standard InChI is InChI=1S/C11H16BrNO2.ClH/c1-7(13)4-8-5-11(15-3)9(12)6-10(8)14-2;/h5-7H,4,13H2,1-3H3;1H/t7-;/m1./s1. The van der Waals surface area contributed by atoms with E-state index in [1.807, 2.05) is 19.1 Å². The van der Waals surface area contributed by atoms with E-state index in [1.165, 1.54) is 0 Å². The van der Waals surface area contributed by atoms with E-state index in [0.29, 0.717) is 0 Å². The smallest absolute Gasteiger partial charge is 0.133 e. The van der Waals surface area contributed by atoms with E-state index in [0.717, 1.165) is 28.0 Å². The molecule has 3 nitrogen and oxygen atoms in total. The number of rotatable bonds is 4. The number of hydrogen-bond donors (Lipinski definition) is 1. The molecule has 0 heterocycles. The molecule has 1 atom stereocenters. The maximum Gasteiger partial charge on any atom is 0.133 e. The Morgan fingerprint density at radius 1 is 1.25 bits per heavy atom. The van der Waals surface area contributed by atoms with E-state index in [1.54, 1.807) is 14.2 Å². The van der Waals surface area contributed by atoms with Crippen LogP contribution in [0.25, 0.3) is 0 Å². The van der Waals surface area contributed by atoms with Crippen LogP contribution in [0.3, 0.4) is 0 Å². The van der Waals surface area contributed by atoms with Gasteiger partial charge in [-0.05, 0) is 47.0 Å². The molecule has 5 heteroatoms. The molecule has 0 bridgehead atoms. The van der Waals surface area contributed by atoms with Crippen molar-refractivity contribution in [2.75, 3.05) is 14.2 Å². The number of halogens is 2. The molecule has 0 unspecified atom stereocenters. The molecule has 0 spiro atoms. The maximum absolute atomic E-state index is 5.77. The van der Waals surface area contributed by atoms with Crippen LogP contribution in [0.4, 0.5) is 0 Å². The van der Waals surface area contributed by atoms with Crippen LogP contribution in [0, 0.1) is 0 Å². The number of ether oxygens (including phenoxy) is 2. The summed E-state index contributed by atoms with van der Waals surface area (Å²) in [6.07, 6.45) is 0.771. The third-order valence-electron chi connectivity index (χ3n) is 2.10. The molecular weight excluding hydrogens is 293 g/mol. The van der Waals surface area contributed by atoms with Gasteiger partial charge in [-0.1, -0.05) is 0 Å². The van der Waals surface area contributed by atoms with Crippen LogP contribution in [0.1, 0.15) is 12.5 Å². The molecule has 0 amide bonds. The predicted molar refractivity (Wildman–Crippen MR) is 71.8 cm³/mol. The summed E-state index contributed by atoms with van der Waals surface area (Å²) in [6.45, 7) is 1.97. The molecule has 0 aliphatic rings. The Kier molecular flexibility index (Phi) is 6.79. The Labute approximate surface area is 111 Å². The summed E-state index contributed by atoms with van der Waals surface area (Å²) in [6, 6.07) is 3.95. The second kappa shape index (κ2) is 6.99. The summed E-state index contributed by atoms with van der Waals surface area (Å²) < 4.78 is 11.4. The molecule has 0 fully saturated rings. The van der Waals surface area contributed by atoms with Gasteiger partial charge >= 0.3 is 0 Å². The highest BCUT2D eigenvalue weighted by Gasteiger charge is 2.10. The van der Waals surface area contributed by atoms with Crippen LogP contribution < -0.4 is 15.2 Å². The molecule has 1 rings (SSSR count). The molecule has 2 N–H and O–H groups in total. The summed E-state index contributed by atoms with van der Waals surface area (Å²) >= 11 is 3.41. The predicted octanol–water partition coefficient (Wildman–Crippen LogP) is 2.78. The van der Waals surface area contributed by atoms with Crippen molar-refractivity contribution in [3.63, 3.8) is 0 Å². The average Bonchev–Trinajstić information content (AvgIpc) is 2.19. The van der Waals surface area contributed by atoms with Crippen LogP contribution in [-0.4, -0.2) is 20.3 Å². The molecule has 1 aromatic carbocycles. The normalized spacial score (nSPS) is 11.6. The topological polar surface area (TPSA) is 44.5 Å². The van der Waals surface area contributed by atoms with Gasteiger partial charge in [-0.3, -0.25) is 0 Å². The van der Waals surface area contributed by atoms with Crippen molar-refractivity contribution < 1.29 is 9.47 Å². The highest BCUT2D eigenvalue weighted by molar-refractivity contribution is 9.10. The van der Waals surface area contributed by atoms with Gasteiger partial charge in [0.15, 0.2) is 0 Å². The lowest BCUT2D eigenvalue weighted by atomic mass is 10.1. The second-order valence-corrected chi connectivity index (χ2v) is 4.33. The quantitative estimate of drug-likeness (QED) is 0.930. The first kappa shape index (κ1) is 15.5. The summed E-state index contributed by atoms with van der Waals surface area (Å²) in [5.74, 6) is 1.63. The monoisotopic (exact) mass is 309 g/mol. The molecule has 92 valence electrons. The van der Waals surface area contributed by atoms with Gasteiger partial charge < -0.3 is 15.2 Å². The first-order chi connectivity index (χ1) is 7.08. The molecule has 0 saturated heterocycles. The fourth-order valence-electron chi connectivity index (χ4n) is 1.43. The van der Waals surface area contributed by atoms with Gasteiger partial charge in [0.25, 0.3) is 0 Å². The molecule has 16 heavy (non-hydrogen) atoms. The first-order valence-electron chi connectivity index (χ1n) is 4.74. The molecule has 0 radical (unpaired) electrons. The summed E-state index contributed by atoms with van der Waals surface area (Å²) in [7, 11) is 3.29. The van der Waals surface area contributed by atoms with Gasteiger partial charge in [-0.25, -0.2) is 0 Å². The van der Waals surface area contributed by atoms with Crippen molar-refractivity contribution in [1.82, 2.24) is 0 Å². The van der Waals surface area contributed by atoms with Crippen molar-refractivity contribution >= 4 is 28.3 Å². The highest BCUT2D eigenvalue weighted by atomic mass is 79.9. The highest BCUT2D eigenvalue weighted by Crippen LogP contribution is 2.33. The number of benzene rings is 1. The van der Waals surface area contributed by atoms with Gasteiger partial charge in [0.1, 0.15) is 11.5 Å². The largest absolute Gasteiger partial charge is 0.496 e. The van der Waals surface area contributed by atoms with Crippen LogP contribution in [-0.2, 0) is 6.42 Å². The lowest BCUT2D eigenvalue weighted by Gasteiger charge is -2.13. The summed E-state index contributed by atoms with van der Waals surface area (Å²) in [5, 5.41) is 0. The number of methoxy groups -OCH3 is 2. The van der Waals surface area contributed by atoms with Crippen molar-refractivity contribution in [2.45, 2.75) is 19.4 Å². The molecule has 0 aliphatic carbocycles. The van der Waals surface area contributed by atoms with Crippen LogP contribution >= 0.6 is 28.3 Å². The van der Waals surface area contributed by atoms with Gasteiger partial charge in [-0.15, -0.1) is 12.4 Å². The van der Waals surface area contributed by atoms with Crippen LogP contribution in [0.15, 0.2) is 16.6 Å². The summed E-state index contributed by atoms with van der Waals surface area (Å²) in [4.78, 5) is 0. The minimum absolute atomic E-state index is 0. The fourth-order valence-corrected chi connectivity index (χ4v) is 1.91. The van der Waals surface area contributed by atoms with Gasteiger partial charge in [0.05, 0.1) is 18.7 Å². The second-order valence-electron chi connectivity index (χ2n) is 3.48. The van der Waals surface area contributed by atoms with E-state index in [-0.39, 0.29) is 18.4 Å². The fraction of sp³-hybridized carbons (Fsp3) is 0.455. The Morgan fingerprint density at radius 2 is 1.81 bits per heavy atom. The average molecular weight is 311 g/mol. The molecule has 0 aliphatic heterocycles. The molecule has 1 aromatic rings. The van der Waals surface area contributed by atoms with Crippen molar-refractivity contribution in [3.8, 4) is 11.5 Å². The van der Waals surface area contributed by atoms with Gasteiger partial charge in [0, 0.05) is 6.04 Å². The number of nitrogens with two attached hydrogens (primary N) is 1. The van der Waals surface area contributed by atoms with Crippen molar-refractivity contribution in [1.29, 1.82) is 0 Å². The van der Waals surface area contributed by atoms with Crippen LogP contribution in [0.5, 0.6) is 11.5 Å². The van der Waals surface area contributed by atoms with E-state index in [9.17, 15) is 0 Å². The molecule has 0 saturated carbocycles. The summed E-state index contributed by atoms with van der Waals surface area (Å²) in [5.41, 5.74) is 6.83. The Bertz CT molecular complexity index is 345. The number of hydrogen-bond acceptors (Lipinski definition) is 3. The zero-order valence-corrected chi connectivity index (χ0v) is 12.0. The van der Waals surface area contributed by atoms with E-state index in [4.69, 9.17) is 15.2 Å². The zero-order valence-electron chi connectivity index (χ0n) is 9.62. The minimum Gasteiger partial charge on any atom is -0.496 e. The Balaban J connectivity index is 0.00000225. The maximum atomic E-state index is 5.77. The lowest BCUT2D eigenvalue weighted by molar-refractivity contribution is 0.395. The van der Waals surface area contributed by atoms with Gasteiger partial charge in [-0.2, -0.15) is 0 Å². The van der Waals surface area contributed by atoms with Gasteiger partial charge in [0.2, 0.25) is 0 Å². The zero-order chi connectivity index (χ0) is 11.4. The van der Waals surface area contributed by atoms with E-state index < -0.39 is 0 Å². The Morgan fingerprint density at radius 3 is 2.25 bits per heavy atom. The van der Waals surface area contributed by atoms with E-state index in [2.05, 4.69) is 15.9 Å². The molecule has 0 aromatic heterocycles. The van der Waals surface area contributed by atoms with Crippen molar-refractivity contribution in [2.24, 2.45) is 5.73 Å². The first-order valence-corrected chi connectivity index (χ1v) is 5.53. The van der Waals surface area contributed by atoms with E-state index >= 15 is 0 Å². The Hall–Kier alpha value is -0.450. The third-order valence-corrected chi connectivity index (χ3v) is 2.72. The third kappa shape index (κ3) is 3.85. The lowest BCUT2D eigenvalue weighted by Crippen LogP contribution is -2.18. The SMILES string of the molecule is COc1cc(C[C@@H](C)N)c(OC)cc1Br.Cl.